The van der Waals surface area contributed by atoms with Crippen LogP contribution in [-0.2, 0) is 4.79 Å². The molecular formula is C16H23ClN2O2. The van der Waals surface area contributed by atoms with E-state index >= 15 is 0 Å². The van der Waals surface area contributed by atoms with Crippen LogP contribution >= 0.6 is 11.6 Å². The summed E-state index contributed by atoms with van der Waals surface area (Å²) in [5, 5.41) is 6.54. The number of hydrogen-bond acceptors (Lipinski definition) is 3. The zero-order valence-corrected chi connectivity index (χ0v) is 13.4. The van der Waals surface area contributed by atoms with E-state index in [2.05, 4.69) is 31.1 Å². The van der Waals surface area contributed by atoms with Crippen LogP contribution in [0.25, 0.3) is 0 Å². The molecule has 1 atom stereocenters. The molecule has 1 aromatic carbocycles. The van der Waals surface area contributed by atoms with Gasteiger partial charge in [-0.15, -0.1) is 6.58 Å². The van der Waals surface area contributed by atoms with E-state index in [9.17, 15) is 4.79 Å². The summed E-state index contributed by atoms with van der Waals surface area (Å²) in [6.45, 7) is 9.07. The number of nitrogens with one attached hydrogen (secondary N) is 2. The van der Waals surface area contributed by atoms with E-state index in [1.807, 2.05) is 12.1 Å². The van der Waals surface area contributed by atoms with Crippen LogP contribution in [0.2, 0.25) is 5.02 Å². The van der Waals surface area contributed by atoms with Crippen LogP contribution in [0.5, 0.6) is 5.75 Å². The van der Waals surface area contributed by atoms with Crippen LogP contribution in [0.4, 0.5) is 0 Å². The summed E-state index contributed by atoms with van der Waals surface area (Å²) in [4.78, 5) is 11.4. The van der Waals surface area contributed by atoms with Gasteiger partial charge < -0.3 is 15.4 Å². The lowest BCUT2D eigenvalue weighted by atomic mass is 10.1. The van der Waals surface area contributed by atoms with Gasteiger partial charge in [-0.25, -0.2) is 0 Å². The topological polar surface area (TPSA) is 50.4 Å². The lowest BCUT2D eigenvalue weighted by molar-refractivity contribution is -0.122. The van der Waals surface area contributed by atoms with Gasteiger partial charge in [0.25, 0.3) is 5.91 Å². The van der Waals surface area contributed by atoms with Crippen molar-refractivity contribution in [1.82, 2.24) is 10.6 Å². The molecule has 0 saturated heterocycles. The Morgan fingerprint density at radius 2 is 2.29 bits per heavy atom. The van der Waals surface area contributed by atoms with Crippen LogP contribution in [0.15, 0.2) is 30.9 Å². The number of rotatable bonds is 9. The Labute approximate surface area is 131 Å². The fourth-order valence-electron chi connectivity index (χ4n) is 1.76. The number of carbonyl (C=O) groups is 1. The average Bonchev–Trinajstić information content (AvgIpc) is 2.49. The zero-order valence-electron chi connectivity index (χ0n) is 12.6. The molecule has 0 saturated carbocycles. The van der Waals surface area contributed by atoms with Crippen LogP contribution in [0.3, 0.4) is 0 Å². The summed E-state index contributed by atoms with van der Waals surface area (Å²) in [5.41, 5.74) is 1.09. The standard InChI is InChI=1S/C16H23ClN2O2/c1-4-8-18-12(3)13-6-7-15(14(17)10-13)21-11-16(20)19-9-5-2/h5-7,10,12,18H,2,4,8-9,11H2,1,3H3,(H,19,20). The smallest absolute Gasteiger partial charge is 0.258 e. The summed E-state index contributed by atoms with van der Waals surface area (Å²) >= 11 is 6.19. The molecule has 0 fully saturated rings. The summed E-state index contributed by atoms with van der Waals surface area (Å²) in [7, 11) is 0. The number of carbonyl (C=O) groups excluding carboxylic acids is 1. The van der Waals surface area contributed by atoms with E-state index in [0.717, 1.165) is 18.5 Å². The van der Waals surface area contributed by atoms with Gasteiger partial charge in [-0.05, 0) is 37.6 Å². The van der Waals surface area contributed by atoms with Crippen molar-refractivity contribution in [1.29, 1.82) is 0 Å². The molecule has 1 amide bonds. The average molecular weight is 311 g/mol. The predicted molar refractivity (Wildman–Crippen MR) is 86.9 cm³/mol. The monoisotopic (exact) mass is 310 g/mol. The maximum Gasteiger partial charge on any atom is 0.258 e. The van der Waals surface area contributed by atoms with Crippen molar-refractivity contribution in [3.8, 4) is 5.75 Å². The minimum Gasteiger partial charge on any atom is -0.482 e. The van der Waals surface area contributed by atoms with Crippen LogP contribution < -0.4 is 15.4 Å². The first-order valence-electron chi connectivity index (χ1n) is 7.11. The Kier molecular flexibility index (Phi) is 7.87. The SMILES string of the molecule is C=CCNC(=O)COc1ccc(C(C)NCCC)cc1Cl. The normalized spacial score (nSPS) is 11.8. The molecule has 1 aromatic rings. The number of hydrogen-bond donors (Lipinski definition) is 2. The van der Waals surface area contributed by atoms with Gasteiger partial charge in [-0.3, -0.25) is 4.79 Å². The van der Waals surface area contributed by atoms with Gasteiger partial charge in [0, 0.05) is 12.6 Å². The molecule has 0 aromatic heterocycles. The fourth-order valence-corrected chi connectivity index (χ4v) is 2.01. The van der Waals surface area contributed by atoms with Gasteiger partial charge in [-0.2, -0.15) is 0 Å². The van der Waals surface area contributed by atoms with E-state index in [1.54, 1.807) is 12.1 Å². The van der Waals surface area contributed by atoms with Gasteiger partial charge in [-0.1, -0.05) is 30.7 Å². The van der Waals surface area contributed by atoms with Crippen molar-refractivity contribution in [2.24, 2.45) is 0 Å². The van der Waals surface area contributed by atoms with E-state index in [-0.39, 0.29) is 18.6 Å². The summed E-state index contributed by atoms with van der Waals surface area (Å²) in [5.74, 6) is 0.310. The molecule has 116 valence electrons. The molecule has 5 heteroatoms. The third-order valence-corrected chi connectivity index (χ3v) is 3.25. The third-order valence-electron chi connectivity index (χ3n) is 2.96. The lowest BCUT2D eigenvalue weighted by Crippen LogP contribution is -2.28. The van der Waals surface area contributed by atoms with Gasteiger partial charge in [0.1, 0.15) is 5.75 Å². The highest BCUT2D eigenvalue weighted by Crippen LogP contribution is 2.27. The van der Waals surface area contributed by atoms with Crippen molar-refractivity contribution >= 4 is 17.5 Å². The Bertz CT molecular complexity index is 477. The quantitative estimate of drug-likeness (QED) is 0.689. The molecule has 0 aliphatic rings. The van der Waals surface area contributed by atoms with Gasteiger partial charge in [0.2, 0.25) is 0 Å². The van der Waals surface area contributed by atoms with E-state index < -0.39 is 0 Å². The highest BCUT2D eigenvalue weighted by atomic mass is 35.5. The van der Waals surface area contributed by atoms with Crippen LogP contribution in [0, 0.1) is 0 Å². The maximum absolute atomic E-state index is 11.4. The van der Waals surface area contributed by atoms with Crippen molar-refractivity contribution < 1.29 is 9.53 Å². The summed E-state index contributed by atoms with van der Waals surface area (Å²) in [6, 6.07) is 5.84. The molecule has 0 radical (unpaired) electrons. The van der Waals surface area contributed by atoms with Crippen LogP contribution in [0.1, 0.15) is 31.9 Å². The van der Waals surface area contributed by atoms with Crippen molar-refractivity contribution in [3.05, 3.63) is 41.4 Å². The highest BCUT2D eigenvalue weighted by Gasteiger charge is 2.09. The second-order valence-electron chi connectivity index (χ2n) is 4.75. The van der Waals surface area contributed by atoms with E-state index in [1.165, 1.54) is 0 Å². The molecule has 21 heavy (non-hydrogen) atoms. The van der Waals surface area contributed by atoms with Crippen molar-refractivity contribution in [2.45, 2.75) is 26.3 Å². The molecular weight excluding hydrogens is 288 g/mol. The Hall–Kier alpha value is -1.52. The van der Waals surface area contributed by atoms with Crippen molar-refractivity contribution in [3.63, 3.8) is 0 Å². The van der Waals surface area contributed by atoms with Gasteiger partial charge in [0.15, 0.2) is 6.61 Å². The Balaban J connectivity index is 2.57. The zero-order chi connectivity index (χ0) is 15.7. The molecule has 4 nitrogen and oxygen atoms in total. The van der Waals surface area contributed by atoms with E-state index in [0.29, 0.717) is 17.3 Å². The third kappa shape index (κ3) is 6.19. The first kappa shape index (κ1) is 17.5. The van der Waals surface area contributed by atoms with Gasteiger partial charge >= 0.3 is 0 Å². The number of benzene rings is 1. The molecule has 1 rings (SSSR count). The molecule has 1 unspecified atom stereocenters. The number of amides is 1. The number of ether oxygens (including phenoxy) is 1. The van der Waals surface area contributed by atoms with Crippen molar-refractivity contribution in [2.75, 3.05) is 19.7 Å². The lowest BCUT2D eigenvalue weighted by Gasteiger charge is -2.15. The van der Waals surface area contributed by atoms with Crippen LogP contribution in [-0.4, -0.2) is 25.6 Å². The maximum atomic E-state index is 11.4. The predicted octanol–water partition coefficient (Wildman–Crippen LogP) is 3.08. The fraction of sp³-hybridized carbons (Fsp3) is 0.438. The van der Waals surface area contributed by atoms with E-state index in [4.69, 9.17) is 16.3 Å². The number of halogens is 1. The summed E-state index contributed by atoms with van der Waals surface area (Å²) < 4.78 is 5.41. The largest absolute Gasteiger partial charge is 0.482 e. The molecule has 0 spiro atoms. The minimum atomic E-state index is -0.201. The molecule has 0 bridgehead atoms. The first-order chi connectivity index (χ1) is 10.1. The van der Waals surface area contributed by atoms with Gasteiger partial charge in [0.05, 0.1) is 5.02 Å². The Morgan fingerprint density at radius 1 is 1.52 bits per heavy atom. The Morgan fingerprint density at radius 3 is 2.90 bits per heavy atom. The second-order valence-corrected chi connectivity index (χ2v) is 5.15. The minimum absolute atomic E-state index is 0.0590. The molecule has 2 N–H and O–H groups in total. The second kappa shape index (κ2) is 9.42. The molecule has 0 aliphatic heterocycles. The first-order valence-corrected chi connectivity index (χ1v) is 7.49. The summed E-state index contributed by atoms with van der Waals surface area (Å²) in [6.07, 6.45) is 2.70. The highest BCUT2D eigenvalue weighted by molar-refractivity contribution is 6.32. The molecule has 0 heterocycles. The molecule has 0 aliphatic carbocycles.